The molecular formula is C15H21FN2O3. The van der Waals surface area contributed by atoms with Gasteiger partial charge < -0.3 is 20.1 Å². The molecule has 1 aromatic rings. The van der Waals surface area contributed by atoms with Gasteiger partial charge in [0, 0.05) is 6.54 Å². The monoisotopic (exact) mass is 296 g/mol. The van der Waals surface area contributed by atoms with Crippen LogP contribution in [-0.4, -0.2) is 42.3 Å². The Morgan fingerprint density at radius 2 is 2.38 bits per heavy atom. The van der Waals surface area contributed by atoms with Crippen molar-refractivity contribution in [2.45, 2.75) is 31.8 Å². The van der Waals surface area contributed by atoms with Crippen LogP contribution in [0.4, 0.5) is 9.18 Å². The van der Waals surface area contributed by atoms with Crippen molar-refractivity contribution in [3.8, 4) is 5.75 Å². The SMILES string of the molecule is COc1cccc(F)c1[C@@H](C)NC(=O)N1CCC[C@@H]1CO. The highest BCUT2D eigenvalue weighted by atomic mass is 19.1. The Kier molecular flexibility index (Phi) is 5.01. The highest BCUT2D eigenvalue weighted by Crippen LogP contribution is 2.28. The number of methoxy groups -OCH3 is 1. The lowest BCUT2D eigenvalue weighted by atomic mass is 10.1. The van der Waals surface area contributed by atoms with E-state index in [1.54, 1.807) is 24.0 Å². The first-order chi connectivity index (χ1) is 10.1. The van der Waals surface area contributed by atoms with Crippen LogP contribution in [0.15, 0.2) is 18.2 Å². The number of nitrogens with one attached hydrogen (secondary N) is 1. The first-order valence-corrected chi connectivity index (χ1v) is 7.08. The maximum Gasteiger partial charge on any atom is 0.318 e. The van der Waals surface area contributed by atoms with Gasteiger partial charge in [0.15, 0.2) is 0 Å². The number of aliphatic hydroxyl groups excluding tert-OH is 1. The van der Waals surface area contributed by atoms with Gasteiger partial charge in [0.2, 0.25) is 0 Å². The molecule has 1 fully saturated rings. The number of aliphatic hydroxyl groups is 1. The van der Waals surface area contributed by atoms with E-state index in [4.69, 9.17) is 4.74 Å². The zero-order chi connectivity index (χ0) is 15.4. The minimum atomic E-state index is -0.520. The second-order valence-electron chi connectivity index (χ2n) is 5.20. The molecule has 21 heavy (non-hydrogen) atoms. The number of benzene rings is 1. The molecular weight excluding hydrogens is 275 g/mol. The highest BCUT2D eigenvalue weighted by molar-refractivity contribution is 5.75. The van der Waals surface area contributed by atoms with Crippen LogP contribution in [0.25, 0.3) is 0 Å². The Balaban J connectivity index is 2.11. The molecule has 2 N–H and O–H groups in total. The van der Waals surface area contributed by atoms with Gasteiger partial charge in [-0.15, -0.1) is 0 Å². The molecule has 2 atom stereocenters. The van der Waals surface area contributed by atoms with Gasteiger partial charge in [-0.3, -0.25) is 0 Å². The zero-order valence-corrected chi connectivity index (χ0v) is 12.3. The Bertz CT molecular complexity index is 510. The predicted octanol–water partition coefficient (Wildman–Crippen LogP) is 2.06. The first-order valence-electron chi connectivity index (χ1n) is 7.08. The highest BCUT2D eigenvalue weighted by Gasteiger charge is 2.29. The molecule has 2 amide bonds. The van der Waals surface area contributed by atoms with Crippen molar-refractivity contribution < 1.29 is 19.0 Å². The number of likely N-dealkylation sites (tertiary alicyclic amines) is 1. The summed E-state index contributed by atoms with van der Waals surface area (Å²) in [4.78, 5) is 13.9. The minimum Gasteiger partial charge on any atom is -0.496 e. The molecule has 0 aliphatic carbocycles. The lowest BCUT2D eigenvalue weighted by Gasteiger charge is -2.26. The van der Waals surface area contributed by atoms with E-state index >= 15 is 0 Å². The summed E-state index contributed by atoms with van der Waals surface area (Å²) in [5.41, 5.74) is 0.327. The van der Waals surface area contributed by atoms with E-state index in [-0.39, 0.29) is 18.7 Å². The van der Waals surface area contributed by atoms with Crippen LogP contribution in [0.3, 0.4) is 0 Å². The van der Waals surface area contributed by atoms with Crippen molar-refractivity contribution in [1.82, 2.24) is 10.2 Å². The predicted molar refractivity (Wildman–Crippen MR) is 76.7 cm³/mol. The van der Waals surface area contributed by atoms with Crippen molar-refractivity contribution in [2.75, 3.05) is 20.3 Å². The normalized spacial score (nSPS) is 19.4. The fraction of sp³-hybridized carbons (Fsp3) is 0.533. The van der Waals surface area contributed by atoms with Crippen LogP contribution in [0.1, 0.15) is 31.4 Å². The van der Waals surface area contributed by atoms with Crippen LogP contribution in [0.5, 0.6) is 5.75 Å². The molecule has 1 aliphatic rings. The molecule has 5 nitrogen and oxygen atoms in total. The summed E-state index contributed by atoms with van der Waals surface area (Å²) < 4.78 is 19.1. The lowest BCUT2D eigenvalue weighted by Crippen LogP contribution is -2.45. The first kappa shape index (κ1) is 15.6. The molecule has 1 aromatic carbocycles. The van der Waals surface area contributed by atoms with E-state index in [0.717, 1.165) is 12.8 Å². The van der Waals surface area contributed by atoms with Crippen molar-refractivity contribution in [3.63, 3.8) is 0 Å². The number of carbonyl (C=O) groups is 1. The van der Waals surface area contributed by atoms with Crippen molar-refractivity contribution in [1.29, 1.82) is 0 Å². The van der Waals surface area contributed by atoms with Gasteiger partial charge in [0.1, 0.15) is 11.6 Å². The van der Waals surface area contributed by atoms with Gasteiger partial charge >= 0.3 is 6.03 Å². The third kappa shape index (κ3) is 3.26. The van der Waals surface area contributed by atoms with Crippen LogP contribution < -0.4 is 10.1 Å². The number of nitrogens with zero attached hydrogens (tertiary/aromatic N) is 1. The summed E-state index contributed by atoms with van der Waals surface area (Å²) in [7, 11) is 1.47. The third-order valence-corrected chi connectivity index (χ3v) is 3.85. The minimum absolute atomic E-state index is 0.0508. The smallest absolute Gasteiger partial charge is 0.318 e. The summed E-state index contributed by atoms with van der Waals surface area (Å²) in [6.45, 7) is 2.27. The summed E-state index contributed by atoms with van der Waals surface area (Å²) in [6, 6.07) is 3.60. The van der Waals surface area contributed by atoms with E-state index in [1.165, 1.54) is 13.2 Å². The van der Waals surface area contributed by atoms with Crippen molar-refractivity contribution in [2.24, 2.45) is 0 Å². The summed E-state index contributed by atoms with van der Waals surface area (Å²) in [5, 5.41) is 12.0. The molecule has 0 radical (unpaired) electrons. The maximum absolute atomic E-state index is 14.0. The van der Waals surface area contributed by atoms with Gasteiger partial charge in [0.25, 0.3) is 0 Å². The molecule has 0 spiro atoms. The molecule has 0 aromatic heterocycles. The van der Waals surface area contributed by atoms with E-state index in [9.17, 15) is 14.3 Å². The molecule has 0 bridgehead atoms. The Morgan fingerprint density at radius 1 is 1.62 bits per heavy atom. The molecule has 2 rings (SSSR count). The van der Waals surface area contributed by atoms with Gasteiger partial charge in [-0.1, -0.05) is 6.07 Å². The van der Waals surface area contributed by atoms with Gasteiger partial charge in [0.05, 0.1) is 31.4 Å². The number of hydrogen-bond donors (Lipinski definition) is 2. The maximum atomic E-state index is 14.0. The number of halogens is 1. The molecule has 0 unspecified atom stereocenters. The number of rotatable bonds is 4. The molecule has 1 aliphatic heterocycles. The average molecular weight is 296 g/mol. The van der Waals surface area contributed by atoms with E-state index in [2.05, 4.69) is 5.32 Å². The van der Waals surface area contributed by atoms with Crippen LogP contribution in [-0.2, 0) is 0 Å². The second-order valence-corrected chi connectivity index (χ2v) is 5.20. The third-order valence-electron chi connectivity index (χ3n) is 3.85. The zero-order valence-electron chi connectivity index (χ0n) is 12.3. The molecule has 0 saturated carbocycles. The van der Waals surface area contributed by atoms with Crippen LogP contribution >= 0.6 is 0 Å². The van der Waals surface area contributed by atoms with Crippen molar-refractivity contribution in [3.05, 3.63) is 29.6 Å². The fourth-order valence-electron chi connectivity index (χ4n) is 2.75. The topological polar surface area (TPSA) is 61.8 Å². The largest absolute Gasteiger partial charge is 0.496 e. The Labute approximate surface area is 123 Å². The fourth-order valence-corrected chi connectivity index (χ4v) is 2.75. The van der Waals surface area contributed by atoms with Gasteiger partial charge in [-0.05, 0) is 31.9 Å². The van der Waals surface area contributed by atoms with Crippen molar-refractivity contribution >= 4 is 6.03 Å². The van der Waals surface area contributed by atoms with Gasteiger partial charge in [-0.2, -0.15) is 0 Å². The van der Waals surface area contributed by atoms with E-state index in [0.29, 0.717) is 17.9 Å². The van der Waals surface area contributed by atoms with Gasteiger partial charge in [-0.25, -0.2) is 9.18 Å². The van der Waals surface area contributed by atoms with E-state index < -0.39 is 11.9 Å². The summed E-state index contributed by atoms with van der Waals surface area (Å²) in [6.07, 6.45) is 1.66. The number of ether oxygens (including phenoxy) is 1. The summed E-state index contributed by atoms with van der Waals surface area (Å²) in [5.74, 6) is -0.00906. The van der Waals surface area contributed by atoms with Crippen LogP contribution in [0, 0.1) is 5.82 Å². The van der Waals surface area contributed by atoms with Crippen LogP contribution in [0.2, 0.25) is 0 Å². The molecule has 6 heteroatoms. The average Bonchev–Trinajstić information content (AvgIpc) is 2.95. The molecule has 1 saturated heterocycles. The number of urea groups is 1. The molecule has 116 valence electrons. The number of amides is 2. The standard InChI is InChI=1S/C15H21FN2O3/c1-10(14-12(16)6-3-7-13(14)21-2)17-15(20)18-8-4-5-11(18)9-19/h3,6-7,10-11,19H,4-5,8-9H2,1-2H3,(H,17,20)/t10-,11-/m1/s1. The lowest BCUT2D eigenvalue weighted by molar-refractivity contribution is 0.155. The summed E-state index contributed by atoms with van der Waals surface area (Å²) >= 11 is 0. The molecule has 1 heterocycles. The second kappa shape index (κ2) is 6.76. The number of carbonyl (C=O) groups excluding carboxylic acids is 1. The van der Waals surface area contributed by atoms with E-state index in [1.807, 2.05) is 0 Å². The Hall–Kier alpha value is -1.82. The Morgan fingerprint density at radius 3 is 3.05 bits per heavy atom. The number of hydrogen-bond acceptors (Lipinski definition) is 3. The quantitative estimate of drug-likeness (QED) is 0.894.